The quantitative estimate of drug-likeness (QED) is 0.270. The number of aryl methyl sites for hydroxylation is 3. The van der Waals surface area contributed by atoms with Gasteiger partial charge in [-0.25, -0.2) is 14.1 Å². The van der Waals surface area contributed by atoms with Crippen molar-refractivity contribution in [2.45, 2.75) is 39.8 Å². The van der Waals surface area contributed by atoms with Gasteiger partial charge in [-0.3, -0.25) is 4.79 Å². The number of carbonyl (C=O) groups excluding carboxylic acids is 1. The van der Waals surface area contributed by atoms with Gasteiger partial charge in [0.25, 0.3) is 5.91 Å². The maximum absolute atomic E-state index is 13.4. The van der Waals surface area contributed by atoms with Crippen molar-refractivity contribution in [3.05, 3.63) is 105 Å². The Morgan fingerprint density at radius 3 is 2.49 bits per heavy atom. The Kier molecular flexibility index (Phi) is 6.76. The number of benzene rings is 3. The van der Waals surface area contributed by atoms with Crippen LogP contribution in [-0.2, 0) is 0 Å². The van der Waals surface area contributed by atoms with Crippen molar-refractivity contribution >= 4 is 28.1 Å². The predicted octanol–water partition coefficient (Wildman–Crippen LogP) is 6.48. The van der Waals surface area contributed by atoms with Crippen molar-refractivity contribution in [3.8, 4) is 11.4 Å². The standard InChI is InChI=1S/C29H27FN4O2S/c1-17-5-6-21(13-18(17)2)27(20(4)33-28(35)29-31-15-19(3)37-29)36-25-11-12-26-22(14-25)16-32-34(26)24-9-7-23(30)8-10-24/h5-16,20,27H,1-4H3,(H,33,35)/t20-,27-/m0/s1. The number of hydrogen-bond acceptors (Lipinski definition) is 5. The molecule has 0 fully saturated rings. The number of carbonyl (C=O) groups is 1. The third kappa shape index (κ3) is 5.24. The molecule has 2 aromatic heterocycles. The molecule has 0 bridgehead atoms. The molecule has 0 radical (unpaired) electrons. The van der Waals surface area contributed by atoms with Gasteiger partial charge >= 0.3 is 0 Å². The van der Waals surface area contributed by atoms with E-state index in [0.717, 1.165) is 32.6 Å². The molecule has 1 N–H and O–H groups in total. The van der Waals surface area contributed by atoms with Crippen molar-refractivity contribution in [1.82, 2.24) is 20.1 Å². The minimum absolute atomic E-state index is 0.223. The van der Waals surface area contributed by atoms with Crippen LogP contribution in [0.25, 0.3) is 16.6 Å². The fraction of sp³-hybridized carbons (Fsp3) is 0.207. The SMILES string of the molecule is Cc1cnc(C(=O)N[C@@H](C)[C@H](Oc2ccc3c(cnn3-c3ccc(F)cc3)c2)c2ccc(C)c(C)c2)s1. The summed E-state index contributed by atoms with van der Waals surface area (Å²) in [6, 6.07) is 17.8. The number of aromatic nitrogens is 3. The number of fused-ring (bicyclic) bond motifs is 1. The molecule has 37 heavy (non-hydrogen) atoms. The highest BCUT2D eigenvalue weighted by atomic mass is 32.1. The van der Waals surface area contributed by atoms with E-state index < -0.39 is 6.10 Å². The number of amides is 1. The molecule has 5 aromatic rings. The smallest absolute Gasteiger partial charge is 0.280 e. The molecule has 0 spiro atoms. The largest absolute Gasteiger partial charge is 0.484 e. The molecular formula is C29H27FN4O2S. The molecule has 2 atom stereocenters. The minimum atomic E-state index is -0.436. The van der Waals surface area contributed by atoms with Gasteiger partial charge in [-0.05, 0) is 86.8 Å². The first-order valence-corrected chi connectivity index (χ1v) is 12.8. The molecule has 5 rings (SSSR count). The molecule has 6 nitrogen and oxygen atoms in total. The zero-order valence-corrected chi connectivity index (χ0v) is 21.8. The van der Waals surface area contributed by atoms with Crippen molar-refractivity contribution in [2.24, 2.45) is 0 Å². The summed E-state index contributed by atoms with van der Waals surface area (Å²) in [5, 5.41) is 8.86. The highest BCUT2D eigenvalue weighted by Gasteiger charge is 2.25. The summed E-state index contributed by atoms with van der Waals surface area (Å²) >= 11 is 1.36. The average molecular weight is 515 g/mol. The van der Waals surface area contributed by atoms with Crippen LogP contribution in [-0.4, -0.2) is 26.7 Å². The van der Waals surface area contributed by atoms with E-state index in [2.05, 4.69) is 41.4 Å². The monoisotopic (exact) mass is 514 g/mol. The average Bonchev–Trinajstić information content (AvgIpc) is 3.51. The van der Waals surface area contributed by atoms with Gasteiger partial charge in [0.2, 0.25) is 0 Å². The number of hydrogen-bond donors (Lipinski definition) is 1. The second kappa shape index (κ2) is 10.1. The molecule has 0 saturated carbocycles. The highest BCUT2D eigenvalue weighted by Crippen LogP contribution is 2.30. The number of rotatable bonds is 7. The van der Waals surface area contributed by atoms with E-state index in [-0.39, 0.29) is 17.8 Å². The second-order valence-corrected chi connectivity index (χ2v) is 10.4. The summed E-state index contributed by atoms with van der Waals surface area (Å²) in [5.41, 5.74) is 4.95. The van der Waals surface area contributed by atoms with Gasteiger partial charge < -0.3 is 10.1 Å². The molecule has 0 aliphatic rings. The lowest BCUT2D eigenvalue weighted by Crippen LogP contribution is -2.39. The van der Waals surface area contributed by atoms with Gasteiger partial charge in [0.05, 0.1) is 23.4 Å². The summed E-state index contributed by atoms with van der Waals surface area (Å²) in [6.07, 6.45) is 3.02. The Morgan fingerprint density at radius 2 is 1.78 bits per heavy atom. The van der Waals surface area contributed by atoms with Crippen LogP contribution in [0.1, 0.15) is 44.4 Å². The molecule has 0 aliphatic heterocycles. The van der Waals surface area contributed by atoms with E-state index in [1.807, 2.05) is 38.1 Å². The summed E-state index contributed by atoms with van der Waals surface area (Å²) in [7, 11) is 0. The minimum Gasteiger partial charge on any atom is -0.484 e. The van der Waals surface area contributed by atoms with Crippen molar-refractivity contribution in [1.29, 1.82) is 0 Å². The normalized spacial score (nSPS) is 12.9. The third-order valence-electron chi connectivity index (χ3n) is 6.36. The predicted molar refractivity (Wildman–Crippen MR) is 144 cm³/mol. The van der Waals surface area contributed by atoms with Gasteiger partial charge in [0, 0.05) is 16.5 Å². The fourth-order valence-electron chi connectivity index (χ4n) is 4.22. The van der Waals surface area contributed by atoms with E-state index in [4.69, 9.17) is 4.74 Å². The topological polar surface area (TPSA) is 69.0 Å². The molecule has 8 heteroatoms. The Labute approximate surface area is 218 Å². The van der Waals surface area contributed by atoms with Crippen LogP contribution >= 0.6 is 11.3 Å². The van der Waals surface area contributed by atoms with Gasteiger partial charge in [0.1, 0.15) is 17.7 Å². The molecule has 3 aromatic carbocycles. The molecular weight excluding hydrogens is 487 g/mol. The summed E-state index contributed by atoms with van der Waals surface area (Å²) in [5.74, 6) is 0.138. The van der Waals surface area contributed by atoms with E-state index in [1.54, 1.807) is 29.2 Å². The molecule has 0 saturated heterocycles. The molecule has 0 unspecified atom stereocenters. The van der Waals surface area contributed by atoms with Crippen LogP contribution in [0.15, 0.2) is 73.1 Å². The van der Waals surface area contributed by atoms with Gasteiger partial charge in [-0.2, -0.15) is 5.10 Å². The second-order valence-electron chi connectivity index (χ2n) is 9.17. The Hall–Kier alpha value is -4.04. The first kappa shape index (κ1) is 24.6. The van der Waals surface area contributed by atoms with E-state index >= 15 is 0 Å². The molecule has 1 amide bonds. The van der Waals surface area contributed by atoms with Crippen molar-refractivity contribution < 1.29 is 13.9 Å². The number of ether oxygens (including phenoxy) is 1. The van der Waals surface area contributed by atoms with E-state index in [9.17, 15) is 9.18 Å². The lowest BCUT2D eigenvalue weighted by molar-refractivity contribution is 0.0881. The van der Waals surface area contributed by atoms with E-state index in [1.165, 1.54) is 29.0 Å². The summed E-state index contributed by atoms with van der Waals surface area (Å²) in [6.45, 7) is 7.99. The van der Waals surface area contributed by atoms with Crippen molar-refractivity contribution in [3.63, 3.8) is 0 Å². The zero-order chi connectivity index (χ0) is 26.1. The van der Waals surface area contributed by atoms with Crippen molar-refractivity contribution in [2.75, 3.05) is 0 Å². The van der Waals surface area contributed by atoms with Crippen LogP contribution in [0.5, 0.6) is 5.75 Å². The van der Waals surface area contributed by atoms with Crippen LogP contribution in [0.2, 0.25) is 0 Å². The van der Waals surface area contributed by atoms with Crippen LogP contribution < -0.4 is 10.1 Å². The maximum Gasteiger partial charge on any atom is 0.280 e. The first-order chi connectivity index (χ1) is 17.8. The van der Waals surface area contributed by atoms with Crippen LogP contribution in [0.3, 0.4) is 0 Å². The maximum atomic E-state index is 13.4. The lowest BCUT2D eigenvalue weighted by atomic mass is 9.98. The number of nitrogens with one attached hydrogen (secondary N) is 1. The summed E-state index contributed by atoms with van der Waals surface area (Å²) < 4.78 is 21.7. The third-order valence-corrected chi connectivity index (χ3v) is 7.27. The highest BCUT2D eigenvalue weighted by molar-refractivity contribution is 7.13. The Morgan fingerprint density at radius 1 is 1.00 bits per heavy atom. The van der Waals surface area contributed by atoms with Gasteiger partial charge in [-0.15, -0.1) is 11.3 Å². The number of thiazole rings is 1. The Bertz CT molecular complexity index is 1570. The van der Waals surface area contributed by atoms with Gasteiger partial charge in [0.15, 0.2) is 5.01 Å². The van der Waals surface area contributed by atoms with Crippen LogP contribution in [0.4, 0.5) is 4.39 Å². The molecule has 188 valence electrons. The molecule has 0 aliphatic carbocycles. The Balaban J connectivity index is 1.44. The summed E-state index contributed by atoms with van der Waals surface area (Å²) in [4.78, 5) is 18.1. The first-order valence-electron chi connectivity index (χ1n) is 12.0. The van der Waals surface area contributed by atoms with Crippen LogP contribution in [0, 0.1) is 26.6 Å². The van der Waals surface area contributed by atoms with E-state index in [0.29, 0.717) is 10.8 Å². The zero-order valence-electron chi connectivity index (χ0n) is 21.0. The fourth-order valence-corrected chi connectivity index (χ4v) is 4.89. The lowest BCUT2D eigenvalue weighted by Gasteiger charge is -2.27. The van der Waals surface area contributed by atoms with Gasteiger partial charge in [-0.1, -0.05) is 18.2 Å². The number of halogens is 1. The number of nitrogens with zero attached hydrogens (tertiary/aromatic N) is 3. The molecule has 2 heterocycles.